The Hall–Kier alpha value is -1.88. The highest BCUT2D eigenvalue weighted by Crippen LogP contribution is 2.23. The number of hydrogen-bond donors (Lipinski definition) is 1. The highest BCUT2D eigenvalue weighted by atomic mass is 16.3. The SMILES string of the molecule is CCCCn1c(C=O)nc2ccc(N(CC)CCO)cc21. The van der Waals surface area contributed by atoms with Crippen molar-refractivity contribution in [3.8, 4) is 0 Å². The molecule has 0 saturated heterocycles. The number of imidazole rings is 1. The van der Waals surface area contributed by atoms with Crippen LogP contribution in [0, 0.1) is 0 Å². The zero-order chi connectivity index (χ0) is 15.2. The second kappa shape index (κ2) is 7.22. The monoisotopic (exact) mass is 289 g/mol. The normalized spacial score (nSPS) is 11.0. The smallest absolute Gasteiger partial charge is 0.185 e. The van der Waals surface area contributed by atoms with Gasteiger partial charge in [0.1, 0.15) is 0 Å². The molecule has 114 valence electrons. The van der Waals surface area contributed by atoms with Crippen molar-refractivity contribution in [3.05, 3.63) is 24.0 Å². The van der Waals surface area contributed by atoms with E-state index in [4.69, 9.17) is 5.11 Å². The average molecular weight is 289 g/mol. The van der Waals surface area contributed by atoms with Gasteiger partial charge < -0.3 is 14.6 Å². The first-order valence-electron chi connectivity index (χ1n) is 7.56. The standard InChI is InChI=1S/C16H23N3O2/c1-3-5-8-19-15-11-13(18(4-2)9-10-20)6-7-14(15)17-16(19)12-21/h6-7,11-12,20H,3-5,8-10H2,1-2H3. The Balaban J connectivity index is 2.46. The number of aliphatic hydroxyl groups excluding tert-OH is 1. The number of unbranched alkanes of at least 4 members (excludes halogenated alkanes) is 1. The molecule has 0 bridgehead atoms. The molecule has 0 saturated carbocycles. The average Bonchev–Trinajstić information content (AvgIpc) is 2.87. The Kier molecular flexibility index (Phi) is 5.33. The summed E-state index contributed by atoms with van der Waals surface area (Å²) in [6.45, 7) is 6.55. The van der Waals surface area contributed by atoms with E-state index in [1.54, 1.807) is 0 Å². The van der Waals surface area contributed by atoms with Gasteiger partial charge in [0.15, 0.2) is 12.1 Å². The number of anilines is 1. The number of benzene rings is 1. The number of carbonyl (C=O) groups excluding carboxylic acids is 1. The minimum atomic E-state index is 0.126. The number of carbonyl (C=O) groups is 1. The van der Waals surface area contributed by atoms with Crippen LogP contribution in [0.25, 0.3) is 11.0 Å². The van der Waals surface area contributed by atoms with Gasteiger partial charge in [-0.15, -0.1) is 0 Å². The molecule has 0 aliphatic rings. The molecule has 0 unspecified atom stereocenters. The van der Waals surface area contributed by atoms with Crippen LogP contribution in [0.3, 0.4) is 0 Å². The highest BCUT2D eigenvalue weighted by Gasteiger charge is 2.12. The number of nitrogens with zero attached hydrogens (tertiary/aromatic N) is 3. The fraction of sp³-hybridized carbons (Fsp3) is 0.500. The molecular formula is C16H23N3O2. The van der Waals surface area contributed by atoms with Crippen molar-refractivity contribution in [2.45, 2.75) is 33.2 Å². The molecular weight excluding hydrogens is 266 g/mol. The van der Waals surface area contributed by atoms with E-state index in [9.17, 15) is 4.79 Å². The first-order chi connectivity index (χ1) is 10.2. The summed E-state index contributed by atoms with van der Waals surface area (Å²) in [5.41, 5.74) is 2.88. The highest BCUT2D eigenvalue weighted by molar-refractivity contribution is 5.85. The molecule has 0 amide bonds. The van der Waals surface area contributed by atoms with E-state index < -0.39 is 0 Å². The van der Waals surface area contributed by atoms with Crippen LogP contribution in [0.1, 0.15) is 37.3 Å². The second-order valence-corrected chi connectivity index (χ2v) is 5.07. The van der Waals surface area contributed by atoms with Gasteiger partial charge in [0, 0.05) is 25.3 Å². The van der Waals surface area contributed by atoms with Gasteiger partial charge in [0.05, 0.1) is 17.6 Å². The fourth-order valence-electron chi connectivity index (χ4n) is 2.56. The molecule has 1 aromatic carbocycles. The summed E-state index contributed by atoms with van der Waals surface area (Å²) in [4.78, 5) is 17.7. The first kappa shape index (κ1) is 15.5. The summed E-state index contributed by atoms with van der Waals surface area (Å²) in [6.07, 6.45) is 2.91. The summed E-state index contributed by atoms with van der Waals surface area (Å²) >= 11 is 0. The Bertz CT molecular complexity index is 607. The molecule has 0 aliphatic carbocycles. The van der Waals surface area contributed by atoms with E-state index in [1.165, 1.54) is 0 Å². The Morgan fingerprint density at radius 3 is 2.81 bits per heavy atom. The lowest BCUT2D eigenvalue weighted by atomic mass is 10.2. The predicted molar refractivity (Wildman–Crippen MR) is 85.0 cm³/mol. The number of likely N-dealkylation sites (N-methyl/N-ethyl adjacent to an activating group) is 1. The number of aldehydes is 1. The number of aryl methyl sites for hydroxylation is 1. The van der Waals surface area contributed by atoms with Gasteiger partial charge in [0.2, 0.25) is 0 Å². The van der Waals surface area contributed by atoms with Crippen molar-refractivity contribution >= 4 is 23.0 Å². The van der Waals surface area contributed by atoms with Gasteiger partial charge in [0.25, 0.3) is 0 Å². The van der Waals surface area contributed by atoms with Crippen molar-refractivity contribution in [2.75, 3.05) is 24.6 Å². The Morgan fingerprint density at radius 1 is 1.38 bits per heavy atom. The molecule has 0 spiro atoms. The van der Waals surface area contributed by atoms with E-state index >= 15 is 0 Å². The van der Waals surface area contributed by atoms with Crippen LogP contribution in [0.2, 0.25) is 0 Å². The van der Waals surface area contributed by atoms with Crippen LogP contribution in [-0.4, -0.2) is 40.6 Å². The number of aromatic nitrogens is 2. The largest absolute Gasteiger partial charge is 0.395 e. The molecule has 5 nitrogen and oxygen atoms in total. The van der Waals surface area contributed by atoms with Gasteiger partial charge in [-0.2, -0.15) is 0 Å². The van der Waals surface area contributed by atoms with Crippen molar-refractivity contribution < 1.29 is 9.90 Å². The number of fused-ring (bicyclic) bond motifs is 1. The summed E-state index contributed by atoms with van der Waals surface area (Å²) in [7, 11) is 0. The van der Waals surface area contributed by atoms with Gasteiger partial charge in [-0.3, -0.25) is 4.79 Å². The van der Waals surface area contributed by atoms with Crippen LogP contribution in [-0.2, 0) is 6.54 Å². The maximum absolute atomic E-state index is 11.2. The lowest BCUT2D eigenvalue weighted by Crippen LogP contribution is -2.26. The maximum atomic E-state index is 11.2. The van der Waals surface area contributed by atoms with Gasteiger partial charge in [-0.1, -0.05) is 13.3 Å². The number of aliphatic hydroxyl groups is 1. The summed E-state index contributed by atoms with van der Waals surface area (Å²) in [6, 6.07) is 6.00. The molecule has 21 heavy (non-hydrogen) atoms. The van der Waals surface area contributed by atoms with Crippen molar-refractivity contribution in [1.82, 2.24) is 9.55 Å². The zero-order valence-corrected chi connectivity index (χ0v) is 12.7. The quantitative estimate of drug-likeness (QED) is 0.758. The minimum absolute atomic E-state index is 0.126. The minimum Gasteiger partial charge on any atom is -0.395 e. The van der Waals surface area contributed by atoms with E-state index in [2.05, 4.69) is 29.8 Å². The molecule has 0 radical (unpaired) electrons. The topological polar surface area (TPSA) is 58.4 Å². The molecule has 1 N–H and O–H groups in total. The summed E-state index contributed by atoms with van der Waals surface area (Å²) in [5, 5.41) is 9.15. The Labute approximate surface area is 125 Å². The summed E-state index contributed by atoms with van der Waals surface area (Å²) in [5.74, 6) is 0.487. The van der Waals surface area contributed by atoms with E-state index in [0.717, 1.165) is 48.9 Å². The zero-order valence-electron chi connectivity index (χ0n) is 12.7. The number of hydrogen-bond acceptors (Lipinski definition) is 4. The van der Waals surface area contributed by atoms with Crippen molar-refractivity contribution in [2.24, 2.45) is 0 Å². The molecule has 0 aliphatic heterocycles. The molecule has 2 aromatic rings. The van der Waals surface area contributed by atoms with E-state index in [-0.39, 0.29) is 6.61 Å². The number of rotatable bonds is 8. The molecule has 0 fully saturated rings. The molecule has 1 heterocycles. The third-order valence-corrected chi connectivity index (χ3v) is 3.72. The van der Waals surface area contributed by atoms with Gasteiger partial charge >= 0.3 is 0 Å². The lowest BCUT2D eigenvalue weighted by Gasteiger charge is -2.22. The molecule has 1 aromatic heterocycles. The predicted octanol–water partition coefficient (Wildman–Crippen LogP) is 2.47. The van der Waals surface area contributed by atoms with Gasteiger partial charge in [-0.25, -0.2) is 4.98 Å². The van der Waals surface area contributed by atoms with Crippen LogP contribution >= 0.6 is 0 Å². The second-order valence-electron chi connectivity index (χ2n) is 5.07. The van der Waals surface area contributed by atoms with Crippen LogP contribution in [0.4, 0.5) is 5.69 Å². The molecule has 5 heteroatoms. The molecule has 2 rings (SSSR count). The Morgan fingerprint density at radius 2 is 2.19 bits per heavy atom. The summed E-state index contributed by atoms with van der Waals surface area (Å²) < 4.78 is 1.99. The maximum Gasteiger partial charge on any atom is 0.185 e. The third-order valence-electron chi connectivity index (χ3n) is 3.72. The van der Waals surface area contributed by atoms with Crippen molar-refractivity contribution in [3.63, 3.8) is 0 Å². The first-order valence-corrected chi connectivity index (χ1v) is 7.56. The van der Waals surface area contributed by atoms with Crippen LogP contribution in [0.5, 0.6) is 0 Å². The fourth-order valence-corrected chi connectivity index (χ4v) is 2.56. The van der Waals surface area contributed by atoms with Crippen LogP contribution in [0.15, 0.2) is 18.2 Å². The lowest BCUT2D eigenvalue weighted by molar-refractivity contribution is 0.111. The van der Waals surface area contributed by atoms with Crippen molar-refractivity contribution in [1.29, 1.82) is 0 Å². The van der Waals surface area contributed by atoms with Gasteiger partial charge in [-0.05, 0) is 31.5 Å². The molecule has 0 atom stereocenters. The van der Waals surface area contributed by atoms with E-state index in [1.807, 2.05) is 16.7 Å². The van der Waals surface area contributed by atoms with Crippen LogP contribution < -0.4 is 4.90 Å². The third kappa shape index (κ3) is 3.24. The van der Waals surface area contributed by atoms with E-state index in [0.29, 0.717) is 12.4 Å².